The van der Waals surface area contributed by atoms with Gasteiger partial charge in [0.2, 0.25) is 17.7 Å². The Hall–Kier alpha value is -4.12. The quantitative estimate of drug-likeness (QED) is 0.283. The lowest BCUT2D eigenvalue weighted by molar-refractivity contribution is -0.152. The fourth-order valence-corrected chi connectivity index (χ4v) is 5.77. The van der Waals surface area contributed by atoms with Crippen LogP contribution in [0.4, 0.5) is 5.69 Å². The molecule has 0 saturated carbocycles. The number of ether oxygens (including phenoxy) is 3. The first-order valence-corrected chi connectivity index (χ1v) is 14.7. The molecule has 0 aliphatic carbocycles. The van der Waals surface area contributed by atoms with Crippen LogP contribution in [0.15, 0.2) is 42.5 Å². The molecular weight excluding hydrogens is 554 g/mol. The van der Waals surface area contributed by atoms with Crippen molar-refractivity contribution < 1.29 is 38.5 Å². The van der Waals surface area contributed by atoms with Crippen molar-refractivity contribution in [1.82, 2.24) is 10.2 Å². The SMILES string of the molecule is CCOC(=O)CC1[C@@H]2[C@@H](NC(=O)C(C)C)c3cc(OCCCO)ccc3N2C(=O)[C@H](C)N1C(=O)Cc1ccc(OC)cc1. The number of rotatable bonds is 12. The number of aliphatic hydroxyl groups excluding tert-OH is 1. The van der Waals surface area contributed by atoms with E-state index in [1.54, 1.807) is 82.2 Å². The summed E-state index contributed by atoms with van der Waals surface area (Å²) < 4.78 is 16.4. The predicted octanol–water partition coefficient (Wildman–Crippen LogP) is 2.78. The zero-order chi connectivity index (χ0) is 31.3. The highest BCUT2D eigenvalue weighted by molar-refractivity contribution is 6.04. The first-order chi connectivity index (χ1) is 20.6. The van der Waals surface area contributed by atoms with Crippen molar-refractivity contribution in [3.8, 4) is 11.5 Å². The number of benzene rings is 2. The van der Waals surface area contributed by atoms with Crippen molar-refractivity contribution in [2.75, 3.05) is 31.8 Å². The summed E-state index contributed by atoms with van der Waals surface area (Å²) >= 11 is 0. The lowest BCUT2D eigenvalue weighted by atomic mass is 9.89. The number of aliphatic hydroxyl groups is 1. The molecule has 11 heteroatoms. The van der Waals surface area contributed by atoms with Gasteiger partial charge < -0.3 is 34.4 Å². The van der Waals surface area contributed by atoms with Gasteiger partial charge in [-0.1, -0.05) is 26.0 Å². The summed E-state index contributed by atoms with van der Waals surface area (Å²) in [6.07, 6.45) is 0.289. The maximum absolute atomic E-state index is 14.1. The molecule has 2 heterocycles. The Labute approximate surface area is 252 Å². The summed E-state index contributed by atoms with van der Waals surface area (Å²) in [5.41, 5.74) is 1.97. The van der Waals surface area contributed by atoms with Crippen LogP contribution in [-0.2, 0) is 30.3 Å². The number of hydrogen-bond acceptors (Lipinski definition) is 8. The number of esters is 1. The number of nitrogens with zero attached hydrogens (tertiary/aromatic N) is 2. The third kappa shape index (κ3) is 6.77. The standard InChI is InChI=1S/C32H41N3O8/c1-6-42-28(38)18-26-30-29(33-31(39)19(2)3)24-17-23(43-15-7-14-36)12-13-25(24)35(30)32(40)20(4)34(26)27(37)16-21-8-10-22(41-5)11-9-21/h8-13,17,19-20,26,29-30,36H,6-7,14-16,18H2,1-5H3,(H,33,39)/t20-,26?,29-,30+/m0/s1. The molecule has 1 saturated heterocycles. The number of methoxy groups -OCH3 is 1. The monoisotopic (exact) mass is 595 g/mol. The number of amides is 3. The number of piperazine rings is 1. The van der Waals surface area contributed by atoms with Crippen molar-refractivity contribution in [3.63, 3.8) is 0 Å². The summed E-state index contributed by atoms with van der Waals surface area (Å²) in [4.78, 5) is 57.2. The molecule has 1 unspecified atom stereocenters. The van der Waals surface area contributed by atoms with E-state index in [9.17, 15) is 19.2 Å². The number of hydrogen-bond donors (Lipinski definition) is 2. The molecule has 43 heavy (non-hydrogen) atoms. The molecule has 4 atom stereocenters. The number of anilines is 1. The van der Waals surface area contributed by atoms with Gasteiger partial charge >= 0.3 is 5.97 Å². The summed E-state index contributed by atoms with van der Waals surface area (Å²) in [5, 5.41) is 12.3. The van der Waals surface area contributed by atoms with Crippen LogP contribution in [-0.4, -0.2) is 78.8 Å². The van der Waals surface area contributed by atoms with E-state index in [1.165, 1.54) is 4.90 Å². The van der Waals surface area contributed by atoms with Gasteiger partial charge in [0.05, 0.1) is 51.3 Å². The van der Waals surface area contributed by atoms with Crippen LogP contribution in [0.25, 0.3) is 0 Å². The van der Waals surface area contributed by atoms with E-state index >= 15 is 0 Å². The molecular formula is C32H41N3O8. The Kier molecular flexibility index (Phi) is 10.3. The second-order valence-corrected chi connectivity index (χ2v) is 11.1. The minimum Gasteiger partial charge on any atom is -0.497 e. The number of carbonyl (C=O) groups excluding carboxylic acids is 4. The molecule has 0 radical (unpaired) electrons. The molecule has 0 spiro atoms. The molecule has 2 aliphatic rings. The zero-order valence-electron chi connectivity index (χ0n) is 25.4. The summed E-state index contributed by atoms with van der Waals surface area (Å²) in [5.74, 6) is -0.555. The molecule has 4 rings (SSSR count). The highest BCUT2D eigenvalue weighted by Crippen LogP contribution is 2.47. The van der Waals surface area contributed by atoms with E-state index in [2.05, 4.69) is 5.32 Å². The predicted molar refractivity (Wildman–Crippen MR) is 159 cm³/mol. The van der Waals surface area contributed by atoms with Crippen LogP contribution in [0.2, 0.25) is 0 Å². The van der Waals surface area contributed by atoms with Crippen LogP contribution < -0.4 is 19.7 Å². The van der Waals surface area contributed by atoms with Gasteiger partial charge in [-0.15, -0.1) is 0 Å². The van der Waals surface area contributed by atoms with Crippen LogP contribution in [0, 0.1) is 5.92 Å². The van der Waals surface area contributed by atoms with Crippen LogP contribution >= 0.6 is 0 Å². The van der Waals surface area contributed by atoms with E-state index in [0.717, 1.165) is 5.56 Å². The molecule has 0 aromatic heterocycles. The number of fused-ring (bicyclic) bond motifs is 3. The summed E-state index contributed by atoms with van der Waals surface area (Å²) in [6.45, 7) is 7.35. The van der Waals surface area contributed by atoms with Crippen LogP contribution in [0.1, 0.15) is 57.7 Å². The molecule has 232 valence electrons. The van der Waals surface area contributed by atoms with Crippen molar-refractivity contribution >= 4 is 29.4 Å². The Balaban J connectivity index is 1.78. The second-order valence-electron chi connectivity index (χ2n) is 11.1. The maximum atomic E-state index is 14.1. The Bertz CT molecular complexity index is 1330. The lowest BCUT2D eigenvalue weighted by Crippen LogP contribution is -2.69. The normalized spacial score (nSPS) is 20.9. The van der Waals surface area contributed by atoms with Crippen molar-refractivity contribution in [1.29, 1.82) is 0 Å². The largest absolute Gasteiger partial charge is 0.497 e. The third-order valence-electron chi connectivity index (χ3n) is 7.87. The fraction of sp³-hybridized carbons (Fsp3) is 0.500. The topological polar surface area (TPSA) is 135 Å². The maximum Gasteiger partial charge on any atom is 0.307 e. The Morgan fingerprint density at radius 3 is 2.40 bits per heavy atom. The summed E-state index contributed by atoms with van der Waals surface area (Å²) in [6, 6.07) is 9.21. The molecule has 0 bridgehead atoms. The van der Waals surface area contributed by atoms with E-state index in [4.69, 9.17) is 19.3 Å². The van der Waals surface area contributed by atoms with E-state index in [-0.39, 0.29) is 49.7 Å². The first kappa shape index (κ1) is 31.8. The molecule has 2 aromatic rings. The van der Waals surface area contributed by atoms with Gasteiger partial charge in [-0.25, -0.2) is 0 Å². The van der Waals surface area contributed by atoms with Gasteiger partial charge in [0.25, 0.3) is 0 Å². The van der Waals surface area contributed by atoms with E-state index in [1.807, 2.05) is 0 Å². The van der Waals surface area contributed by atoms with Gasteiger partial charge in [-0.05, 0) is 49.7 Å². The fourth-order valence-electron chi connectivity index (χ4n) is 5.77. The van der Waals surface area contributed by atoms with Crippen molar-refractivity contribution in [3.05, 3.63) is 53.6 Å². The van der Waals surface area contributed by atoms with Gasteiger partial charge in [0.1, 0.15) is 17.5 Å². The van der Waals surface area contributed by atoms with Crippen molar-refractivity contribution in [2.45, 2.75) is 71.1 Å². The van der Waals surface area contributed by atoms with Gasteiger partial charge in [0, 0.05) is 30.2 Å². The molecule has 2 N–H and O–H groups in total. The minimum atomic E-state index is -0.880. The highest BCUT2D eigenvalue weighted by atomic mass is 16.5. The number of carbonyl (C=O) groups is 4. The molecule has 11 nitrogen and oxygen atoms in total. The Morgan fingerprint density at radius 1 is 1.07 bits per heavy atom. The van der Waals surface area contributed by atoms with Crippen LogP contribution in [0.3, 0.4) is 0 Å². The first-order valence-electron chi connectivity index (χ1n) is 14.7. The molecule has 1 fully saturated rings. The minimum absolute atomic E-state index is 0.00642. The zero-order valence-corrected chi connectivity index (χ0v) is 25.4. The molecule has 3 amide bonds. The van der Waals surface area contributed by atoms with Crippen molar-refractivity contribution in [2.24, 2.45) is 5.92 Å². The van der Waals surface area contributed by atoms with Gasteiger partial charge in [-0.2, -0.15) is 0 Å². The highest BCUT2D eigenvalue weighted by Gasteiger charge is 2.55. The summed E-state index contributed by atoms with van der Waals surface area (Å²) in [7, 11) is 1.56. The number of nitrogens with one attached hydrogen (secondary N) is 1. The lowest BCUT2D eigenvalue weighted by Gasteiger charge is -2.49. The van der Waals surface area contributed by atoms with Gasteiger partial charge in [-0.3, -0.25) is 19.2 Å². The second kappa shape index (κ2) is 13.9. The average Bonchev–Trinajstić information content (AvgIpc) is 3.29. The van der Waals surface area contributed by atoms with Crippen LogP contribution in [0.5, 0.6) is 11.5 Å². The van der Waals surface area contributed by atoms with E-state index in [0.29, 0.717) is 35.8 Å². The smallest absolute Gasteiger partial charge is 0.307 e. The van der Waals surface area contributed by atoms with Gasteiger partial charge in [0.15, 0.2) is 0 Å². The Morgan fingerprint density at radius 2 is 1.77 bits per heavy atom. The van der Waals surface area contributed by atoms with E-state index < -0.39 is 30.1 Å². The molecule has 2 aliphatic heterocycles. The molecule has 2 aromatic carbocycles. The third-order valence-corrected chi connectivity index (χ3v) is 7.87. The average molecular weight is 596 g/mol.